The highest BCUT2D eigenvalue weighted by atomic mass is 32.2. The molecule has 3 heterocycles. The number of carbonyl (C=O) groups excluding carboxylic acids is 2. The van der Waals surface area contributed by atoms with Crippen LogP contribution in [0.3, 0.4) is 0 Å². The zero-order valence-corrected chi connectivity index (χ0v) is 22.4. The molecule has 1 saturated heterocycles. The molecule has 198 valence electrons. The summed E-state index contributed by atoms with van der Waals surface area (Å²) in [6.07, 6.45) is 2.50. The first-order valence-electron chi connectivity index (χ1n) is 11.6. The maximum absolute atomic E-state index is 13.2. The lowest BCUT2D eigenvalue weighted by atomic mass is 9.99. The number of benzene rings is 1. The second kappa shape index (κ2) is 10.6. The Bertz CT molecular complexity index is 1370. The lowest BCUT2D eigenvalue weighted by Gasteiger charge is -2.33. The van der Waals surface area contributed by atoms with Crippen LogP contribution < -0.4 is 10.4 Å². The van der Waals surface area contributed by atoms with Gasteiger partial charge in [0, 0.05) is 32.4 Å². The fraction of sp³-hybridized carbons (Fsp3) is 0.375. The molecule has 0 bridgehead atoms. The molecule has 0 spiro atoms. The molecule has 37 heavy (non-hydrogen) atoms. The number of thiazole rings is 1. The molecule has 1 fully saturated rings. The van der Waals surface area contributed by atoms with Crippen molar-refractivity contribution in [3.63, 3.8) is 0 Å². The molecule has 1 amide bonds. The number of ether oxygens (including phenoxy) is 1. The van der Waals surface area contributed by atoms with Crippen LogP contribution in [0.4, 0.5) is 9.93 Å². The third-order valence-electron chi connectivity index (χ3n) is 5.69. The first-order valence-corrected chi connectivity index (χ1v) is 13.9. The van der Waals surface area contributed by atoms with Crippen molar-refractivity contribution < 1.29 is 28.0 Å². The summed E-state index contributed by atoms with van der Waals surface area (Å²) in [5.41, 5.74) is 2.71. The van der Waals surface area contributed by atoms with E-state index in [0.29, 0.717) is 29.5 Å². The second-order valence-electron chi connectivity index (χ2n) is 9.74. The van der Waals surface area contributed by atoms with E-state index in [1.54, 1.807) is 35.9 Å². The SMILES string of the molecule is CC(C)(C)COC(=O)n1cccc1-c1ccc(S(=O)(=O)N2CCN(c3ncc(C(=O)NO)s3)CC2)cc1. The summed E-state index contributed by atoms with van der Waals surface area (Å²) in [6, 6.07) is 9.93. The molecule has 0 atom stereocenters. The van der Waals surface area contributed by atoms with E-state index in [-0.39, 0.29) is 34.9 Å². The van der Waals surface area contributed by atoms with Gasteiger partial charge < -0.3 is 9.64 Å². The van der Waals surface area contributed by atoms with Crippen molar-refractivity contribution in [1.82, 2.24) is 19.3 Å². The van der Waals surface area contributed by atoms with Crippen LogP contribution in [0.5, 0.6) is 0 Å². The van der Waals surface area contributed by atoms with Gasteiger partial charge in [0.1, 0.15) is 4.88 Å². The van der Waals surface area contributed by atoms with Crippen molar-refractivity contribution in [2.24, 2.45) is 5.41 Å². The van der Waals surface area contributed by atoms with Crippen molar-refractivity contribution in [3.05, 3.63) is 53.7 Å². The fourth-order valence-corrected chi connectivity index (χ4v) is 6.04. The second-order valence-corrected chi connectivity index (χ2v) is 12.7. The van der Waals surface area contributed by atoms with Gasteiger partial charge in [-0.2, -0.15) is 4.31 Å². The highest BCUT2D eigenvalue weighted by Gasteiger charge is 2.30. The van der Waals surface area contributed by atoms with Crippen molar-refractivity contribution in [3.8, 4) is 11.3 Å². The predicted molar refractivity (Wildman–Crippen MR) is 138 cm³/mol. The Morgan fingerprint density at radius 2 is 1.78 bits per heavy atom. The highest BCUT2D eigenvalue weighted by molar-refractivity contribution is 7.89. The molecule has 1 aliphatic heterocycles. The van der Waals surface area contributed by atoms with Gasteiger partial charge in [0.25, 0.3) is 5.91 Å². The molecular formula is C24H29N5O6S2. The Hall–Kier alpha value is -3.26. The van der Waals surface area contributed by atoms with Gasteiger partial charge in [-0.1, -0.05) is 44.2 Å². The summed E-state index contributed by atoms with van der Waals surface area (Å²) in [6.45, 7) is 7.54. The predicted octanol–water partition coefficient (Wildman–Crippen LogP) is 3.27. The van der Waals surface area contributed by atoms with Gasteiger partial charge in [-0.05, 0) is 35.2 Å². The van der Waals surface area contributed by atoms with Gasteiger partial charge in [-0.15, -0.1) is 0 Å². The topological polar surface area (TPSA) is 134 Å². The Morgan fingerprint density at radius 1 is 1.11 bits per heavy atom. The zero-order chi connectivity index (χ0) is 26.8. The van der Waals surface area contributed by atoms with Crippen LogP contribution in [0.1, 0.15) is 30.4 Å². The largest absolute Gasteiger partial charge is 0.448 e. The van der Waals surface area contributed by atoms with Crippen LogP contribution >= 0.6 is 11.3 Å². The molecule has 2 N–H and O–H groups in total. The molecule has 0 unspecified atom stereocenters. The monoisotopic (exact) mass is 547 g/mol. The molecule has 0 radical (unpaired) electrons. The normalized spacial score (nSPS) is 15.0. The van der Waals surface area contributed by atoms with Gasteiger partial charge in [0.15, 0.2) is 5.13 Å². The summed E-state index contributed by atoms with van der Waals surface area (Å²) in [5.74, 6) is -0.637. The summed E-state index contributed by atoms with van der Waals surface area (Å²) in [5, 5.41) is 9.35. The average Bonchev–Trinajstić information content (AvgIpc) is 3.57. The quantitative estimate of drug-likeness (QED) is 0.355. The number of hydroxylamine groups is 1. The van der Waals surface area contributed by atoms with Gasteiger partial charge in [0.2, 0.25) is 10.0 Å². The van der Waals surface area contributed by atoms with E-state index in [0.717, 1.165) is 11.3 Å². The smallest absolute Gasteiger partial charge is 0.418 e. The summed E-state index contributed by atoms with van der Waals surface area (Å²) in [7, 11) is -3.72. The maximum atomic E-state index is 13.2. The van der Waals surface area contributed by atoms with Crippen LogP contribution in [0, 0.1) is 5.41 Å². The van der Waals surface area contributed by atoms with Crippen LogP contribution in [0.2, 0.25) is 0 Å². The minimum Gasteiger partial charge on any atom is -0.448 e. The van der Waals surface area contributed by atoms with E-state index in [1.807, 2.05) is 25.7 Å². The first kappa shape index (κ1) is 26.8. The number of nitrogens with one attached hydrogen (secondary N) is 1. The summed E-state index contributed by atoms with van der Waals surface area (Å²) < 4.78 is 34.7. The number of anilines is 1. The number of hydrogen-bond donors (Lipinski definition) is 2. The number of aromatic nitrogens is 2. The van der Waals surface area contributed by atoms with Crippen molar-refractivity contribution in [1.29, 1.82) is 0 Å². The van der Waals surface area contributed by atoms with Gasteiger partial charge in [0.05, 0.1) is 23.4 Å². The molecule has 4 rings (SSSR count). The lowest BCUT2D eigenvalue weighted by Crippen LogP contribution is -2.48. The van der Waals surface area contributed by atoms with Crippen molar-refractivity contribution >= 4 is 38.5 Å². The van der Waals surface area contributed by atoms with E-state index in [2.05, 4.69) is 4.98 Å². The average molecular weight is 548 g/mol. The molecule has 11 nitrogen and oxygen atoms in total. The highest BCUT2D eigenvalue weighted by Crippen LogP contribution is 2.27. The number of piperazine rings is 1. The molecule has 1 aliphatic rings. The Morgan fingerprint density at radius 3 is 2.41 bits per heavy atom. The Kier molecular flexibility index (Phi) is 7.69. The van der Waals surface area contributed by atoms with Crippen LogP contribution in [-0.2, 0) is 14.8 Å². The van der Waals surface area contributed by atoms with E-state index < -0.39 is 22.0 Å². The minimum absolute atomic E-state index is 0.161. The fourth-order valence-electron chi connectivity index (χ4n) is 3.76. The van der Waals surface area contributed by atoms with Crippen LogP contribution in [0.25, 0.3) is 11.3 Å². The Balaban J connectivity index is 1.42. The van der Waals surface area contributed by atoms with Crippen molar-refractivity contribution in [2.45, 2.75) is 25.7 Å². The number of amides is 1. The zero-order valence-electron chi connectivity index (χ0n) is 20.7. The van der Waals surface area contributed by atoms with Crippen LogP contribution in [-0.4, -0.2) is 72.3 Å². The molecule has 3 aromatic rings. The van der Waals surface area contributed by atoms with Gasteiger partial charge in [-0.25, -0.2) is 23.7 Å². The molecule has 0 saturated carbocycles. The van der Waals surface area contributed by atoms with Gasteiger partial charge >= 0.3 is 6.09 Å². The summed E-state index contributed by atoms with van der Waals surface area (Å²) in [4.78, 5) is 30.6. The van der Waals surface area contributed by atoms with E-state index in [1.165, 1.54) is 27.2 Å². The molecule has 2 aromatic heterocycles. The van der Waals surface area contributed by atoms with Crippen LogP contribution in [0.15, 0.2) is 53.7 Å². The van der Waals surface area contributed by atoms with E-state index >= 15 is 0 Å². The molecular weight excluding hydrogens is 518 g/mol. The Labute approximate surface area is 219 Å². The molecule has 0 aliphatic carbocycles. The first-order chi connectivity index (χ1) is 17.5. The maximum Gasteiger partial charge on any atom is 0.418 e. The number of hydrogen-bond acceptors (Lipinski definition) is 9. The number of rotatable bonds is 6. The van der Waals surface area contributed by atoms with E-state index in [4.69, 9.17) is 9.94 Å². The molecule has 13 heteroatoms. The number of nitrogens with zero attached hydrogens (tertiary/aromatic N) is 4. The van der Waals surface area contributed by atoms with E-state index in [9.17, 15) is 18.0 Å². The van der Waals surface area contributed by atoms with Crippen molar-refractivity contribution in [2.75, 3.05) is 37.7 Å². The lowest BCUT2D eigenvalue weighted by molar-refractivity contribution is 0.0710. The summed E-state index contributed by atoms with van der Waals surface area (Å²) >= 11 is 1.12. The standard InChI is InChI=1S/C24H29N5O6S2/c1-24(2,3)16-35-23(31)29-10-4-5-19(29)17-6-8-18(9-7-17)37(33,34)28-13-11-27(12-14-28)22-25-15-20(36-22)21(30)26-32/h4-10,15,32H,11-14,16H2,1-3H3,(H,26,30). The third-order valence-corrected chi connectivity index (χ3v) is 8.66. The van der Waals surface area contributed by atoms with Gasteiger partial charge in [-0.3, -0.25) is 14.6 Å². The number of carbonyl (C=O) groups is 2. The third kappa shape index (κ3) is 6.01. The molecule has 1 aromatic carbocycles. The minimum atomic E-state index is -3.72. The number of sulfonamides is 1.